The van der Waals surface area contributed by atoms with Crippen LogP contribution in [-0.4, -0.2) is 42.1 Å². The molecule has 0 aliphatic carbocycles. The number of aliphatic imine (C=N–C) groups is 4. The van der Waals surface area contributed by atoms with Gasteiger partial charge in [-0.3, -0.25) is 9.59 Å². The minimum Gasteiger partial charge on any atom is -0.493 e. The zero-order chi connectivity index (χ0) is 17.1. The molecule has 3 rings (SSSR count). The van der Waals surface area contributed by atoms with Gasteiger partial charge in [0, 0.05) is 12.6 Å². The van der Waals surface area contributed by atoms with E-state index in [1.54, 1.807) is 18.2 Å². The zero-order valence-electron chi connectivity index (χ0n) is 13.2. The highest BCUT2D eigenvalue weighted by atomic mass is 16.5. The van der Waals surface area contributed by atoms with Crippen LogP contribution >= 0.6 is 0 Å². The number of rotatable bonds is 5. The molecule has 2 amide bonds. The van der Waals surface area contributed by atoms with Gasteiger partial charge in [0.1, 0.15) is 12.1 Å². The van der Waals surface area contributed by atoms with Gasteiger partial charge in [-0.2, -0.15) is 4.99 Å². The van der Waals surface area contributed by atoms with E-state index < -0.39 is 5.91 Å². The molecule has 24 heavy (non-hydrogen) atoms. The van der Waals surface area contributed by atoms with E-state index in [1.807, 2.05) is 6.92 Å². The first-order valence-electron chi connectivity index (χ1n) is 7.45. The van der Waals surface area contributed by atoms with Crippen LogP contribution in [-0.2, 0) is 9.59 Å². The van der Waals surface area contributed by atoms with Crippen molar-refractivity contribution in [3.05, 3.63) is 23.8 Å². The fourth-order valence-corrected chi connectivity index (χ4v) is 2.21. The molecule has 122 valence electrons. The fourth-order valence-electron chi connectivity index (χ4n) is 2.21. The third-order valence-electron chi connectivity index (χ3n) is 3.20. The van der Waals surface area contributed by atoms with Crippen LogP contribution < -0.4 is 10.1 Å². The molecular formula is C16H15N5O3. The van der Waals surface area contributed by atoms with Gasteiger partial charge >= 0.3 is 5.91 Å². The summed E-state index contributed by atoms with van der Waals surface area (Å²) in [5.74, 6) is 0.247. The van der Waals surface area contributed by atoms with E-state index in [0.717, 1.165) is 6.42 Å². The Bertz CT molecular complexity index is 836. The molecule has 0 spiro atoms. The molecule has 2 aliphatic rings. The van der Waals surface area contributed by atoms with Crippen molar-refractivity contribution in [1.82, 2.24) is 0 Å². The molecule has 1 aromatic rings. The number of ether oxygens (including phenoxy) is 1. The summed E-state index contributed by atoms with van der Waals surface area (Å²) < 4.78 is 5.70. The average molecular weight is 325 g/mol. The molecule has 0 bridgehead atoms. The molecular weight excluding hydrogens is 310 g/mol. The molecule has 0 atom stereocenters. The Balaban J connectivity index is 2.03. The number of amidine groups is 2. The predicted molar refractivity (Wildman–Crippen MR) is 91.4 cm³/mol. The molecule has 0 radical (unpaired) electrons. The maximum atomic E-state index is 12.1. The van der Waals surface area contributed by atoms with Crippen LogP contribution in [0.25, 0.3) is 0 Å². The molecule has 1 N–H and O–H groups in total. The molecule has 2 heterocycles. The van der Waals surface area contributed by atoms with E-state index in [2.05, 4.69) is 25.3 Å². The lowest BCUT2D eigenvalue weighted by Crippen LogP contribution is -2.26. The largest absolute Gasteiger partial charge is 0.493 e. The molecule has 2 aliphatic heterocycles. The van der Waals surface area contributed by atoms with Crippen LogP contribution in [0.2, 0.25) is 0 Å². The first kappa shape index (κ1) is 15.7. The van der Waals surface area contributed by atoms with Crippen molar-refractivity contribution >= 4 is 41.2 Å². The first-order chi connectivity index (χ1) is 11.6. The van der Waals surface area contributed by atoms with E-state index >= 15 is 0 Å². The van der Waals surface area contributed by atoms with Crippen LogP contribution in [0, 0.1) is 0 Å². The summed E-state index contributed by atoms with van der Waals surface area (Å²) in [5, 5.41) is 2.69. The number of hydrogen-bond acceptors (Lipinski definition) is 6. The van der Waals surface area contributed by atoms with Crippen molar-refractivity contribution < 1.29 is 14.3 Å². The smallest absolute Gasteiger partial charge is 0.301 e. The lowest BCUT2D eigenvalue weighted by atomic mass is 10.1. The Morgan fingerprint density at radius 3 is 2.83 bits per heavy atom. The Morgan fingerprint density at radius 2 is 2.08 bits per heavy atom. The minimum absolute atomic E-state index is 0.132. The summed E-state index contributed by atoms with van der Waals surface area (Å²) in [7, 11) is 0. The second-order valence-electron chi connectivity index (χ2n) is 5.14. The number of carbonyl (C=O) groups is 2. The second-order valence-corrected chi connectivity index (χ2v) is 5.14. The van der Waals surface area contributed by atoms with E-state index in [0.29, 0.717) is 23.6 Å². The number of nitrogens with one attached hydrogen (secondary N) is 1. The molecule has 1 aromatic carbocycles. The predicted octanol–water partition coefficient (Wildman–Crippen LogP) is 1.60. The van der Waals surface area contributed by atoms with Crippen molar-refractivity contribution in [2.45, 2.75) is 20.3 Å². The number of fused-ring (bicyclic) bond motifs is 1. The molecule has 0 saturated carbocycles. The van der Waals surface area contributed by atoms with Gasteiger partial charge in [0.05, 0.1) is 12.2 Å². The summed E-state index contributed by atoms with van der Waals surface area (Å²) >= 11 is 0. The number of hydrogen-bond donors (Lipinski definition) is 1. The summed E-state index contributed by atoms with van der Waals surface area (Å²) in [6, 6.07) is 5.10. The van der Waals surface area contributed by atoms with Gasteiger partial charge in [0.15, 0.2) is 17.4 Å². The Hall–Kier alpha value is -3.16. The fraction of sp³-hybridized carbons (Fsp3) is 0.250. The van der Waals surface area contributed by atoms with E-state index in [1.165, 1.54) is 13.3 Å². The highest BCUT2D eigenvalue weighted by Gasteiger charge is 2.27. The third kappa shape index (κ3) is 3.12. The Morgan fingerprint density at radius 1 is 1.25 bits per heavy atom. The van der Waals surface area contributed by atoms with Crippen LogP contribution in [0.15, 0.2) is 38.2 Å². The van der Waals surface area contributed by atoms with Crippen LogP contribution in [0.1, 0.15) is 25.8 Å². The molecule has 0 saturated heterocycles. The Labute approximate surface area is 138 Å². The van der Waals surface area contributed by atoms with Crippen molar-refractivity contribution in [3.63, 3.8) is 0 Å². The van der Waals surface area contributed by atoms with Gasteiger partial charge < -0.3 is 10.1 Å². The number of nitrogens with zero attached hydrogens (tertiary/aromatic N) is 4. The molecule has 8 heteroatoms. The van der Waals surface area contributed by atoms with Gasteiger partial charge in [-0.25, -0.2) is 15.0 Å². The maximum Gasteiger partial charge on any atom is 0.301 e. The van der Waals surface area contributed by atoms with Gasteiger partial charge in [-0.1, -0.05) is 6.92 Å². The quantitative estimate of drug-likeness (QED) is 0.888. The summed E-state index contributed by atoms with van der Waals surface area (Å²) in [4.78, 5) is 39.4. The summed E-state index contributed by atoms with van der Waals surface area (Å²) in [5.41, 5.74) is 1.20. The highest BCUT2D eigenvalue weighted by Crippen LogP contribution is 2.26. The zero-order valence-corrected chi connectivity index (χ0v) is 13.2. The van der Waals surface area contributed by atoms with Crippen molar-refractivity contribution in [2.75, 3.05) is 11.9 Å². The van der Waals surface area contributed by atoms with E-state index in [9.17, 15) is 9.59 Å². The van der Waals surface area contributed by atoms with Crippen LogP contribution in [0.4, 0.5) is 5.69 Å². The van der Waals surface area contributed by atoms with Crippen LogP contribution in [0.5, 0.6) is 5.75 Å². The minimum atomic E-state index is -0.501. The van der Waals surface area contributed by atoms with Gasteiger partial charge in [0.2, 0.25) is 5.91 Å². The number of benzene rings is 1. The Kier molecular flexibility index (Phi) is 4.28. The number of anilines is 1. The third-order valence-corrected chi connectivity index (χ3v) is 3.20. The van der Waals surface area contributed by atoms with Gasteiger partial charge in [0.25, 0.3) is 0 Å². The normalized spacial score (nSPS) is 15.4. The first-order valence-corrected chi connectivity index (χ1v) is 7.45. The standard InChI is InChI=1S/C16H15N5O3/c1-3-6-24-12-5-4-10(19-9(2)22)7-11(12)14-20-15-13(16(23)21-14)17-8-18-15/h4-5,7-8H,3,6H2,1-2H3,(H,19,22). The van der Waals surface area contributed by atoms with Crippen molar-refractivity contribution in [3.8, 4) is 5.75 Å². The topological polar surface area (TPSA) is 105 Å². The molecule has 8 nitrogen and oxygen atoms in total. The number of carbonyl (C=O) groups excluding carboxylic acids is 2. The lowest BCUT2D eigenvalue weighted by Gasteiger charge is -2.14. The van der Waals surface area contributed by atoms with E-state index in [4.69, 9.17) is 4.74 Å². The van der Waals surface area contributed by atoms with Gasteiger partial charge in [-0.05, 0) is 24.6 Å². The maximum absolute atomic E-state index is 12.1. The lowest BCUT2D eigenvalue weighted by molar-refractivity contribution is -0.114. The molecule has 0 unspecified atom stereocenters. The molecule has 0 aromatic heterocycles. The SMILES string of the molecule is CCCOc1ccc(NC(C)=O)cc1C1=NC(=O)C2=NC=NC2=N1. The molecule has 0 fully saturated rings. The van der Waals surface area contributed by atoms with Crippen molar-refractivity contribution in [1.29, 1.82) is 0 Å². The van der Waals surface area contributed by atoms with Crippen molar-refractivity contribution in [2.24, 2.45) is 20.0 Å². The van der Waals surface area contributed by atoms with Crippen LogP contribution in [0.3, 0.4) is 0 Å². The summed E-state index contributed by atoms with van der Waals surface area (Å²) in [6.07, 6.45) is 2.10. The monoisotopic (exact) mass is 325 g/mol. The second kappa shape index (κ2) is 6.53. The number of amides is 2. The van der Waals surface area contributed by atoms with Gasteiger partial charge in [-0.15, -0.1) is 0 Å². The van der Waals surface area contributed by atoms with E-state index in [-0.39, 0.29) is 23.3 Å². The average Bonchev–Trinajstić information content (AvgIpc) is 3.02. The highest BCUT2D eigenvalue weighted by molar-refractivity contribution is 6.71. The summed E-state index contributed by atoms with van der Waals surface area (Å²) in [6.45, 7) is 3.91.